The van der Waals surface area contributed by atoms with Gasteiger partial charge in [-0.25, -0.2) is 0 Å². The van der Waals surface area contributed by atoms with Crippen LogP contribution in [0.4, 0.5) is 5.00 Å². The van der Waals surface area contributed by atoms with E-state index < -0.39 is 0 Å². The molecule has 0 spiro atoms. The summed E-state index contributed by atoms with van der Waals surface area (Å²) in [5, 5.41) is 9.29. The molecule has 100 valence electrons. The van der Waals surface area contributed by atoms with Crippen molar-refractivity contribution in [2.45, 2.75) is 13.3 Å². The Labute approximate surface area is 113 Å². The molecule has 0 saturated carbocycles. The fourth-order valence-corrected chi connectivity index (χ4v) is 2.72. The highest BCUT2D eigenvalue weighted by Gasteiger charge is 2.25. The van der Waals surface area contributed by atoms with Crippen LogP contribution in [0.15, 0.2) is 16.0 Å². The molecule has 1 N–H and O–H groups in total. The number of rotatable bonds is 3. The Morgan fingerprint density at radius 1 is 1.58 bits per heavy atom. The number of aryl methyl sites for hydroxylation is 1. The predicted octanol–water partition coefficient (Wildman–Crippen LogP) is 2.08. The van der Waals surface area contributed by atoms with Gasteiger partial charge in [0.1, 0.15) is 5.00 Å². The predicted molar refractivity (Wildman–Crippen MR) is 69.9 cm³/mol. The van der Waals surface area contributed by atoms with Crippen LogP contribution in [0.25, 0.3) is 11.5 Å². The number of nitrogens with one attached hydrogen (secondary N) is 1. The molecule has 0 aromatic carbocycles. The number of nitrogens with zero attached hydrogens (tertiary/aromatic N) is 2. The van der Waals surface area contributed by atoms with Gasteiger partial charge in [0.05, 0.1) is 18.1 Å². The Morgan fingerprint density at radius 2 is 2.47 bits per heavy atom. The van der Waals surface area contributed by atoms with E-state index in [1.165, 1.54) is 11.3 Å². The molecular formula is C12H13N3O3S. The molecule has 1 amide bonds. The third-order valence-electron chi connectivity index (χ3n) is 2.96. The van der Waals surface area contributed by atoms with Crippen LogP contribution in [-0.4, -0.2) is 29.3 Å². The number of thiophene rings is 1. The number of aromatic nitrogens is 2. The van der Waals surface area contributed by atoms with Gasteiger partial charge in [-0.1, -0.05) is 5.16 Å². The number of anilines is 1. The Kier molecular flexibility index (Phi) is 3.31. The van der Waals surface area contributed by atoms with Crippen molar-refractivity contribution in [3.63, 3.8) is 0 Å². The first-order valence-electron chi connectivity index (χ1n) is 6.01. The van der Waals surface area contributed by atoms with Crippen LogP contribution in [-0.2, 0) is 9.53 Å². The van der Waals surface area contributed by atoms with Gasteiger partial charge in [-0.3, -0.25) is 4.79 Å². The second kappa shape index (κ2) is 5.10. The summed E-state index contributed by atoms with van der Waals surface area (Å²) in [5.74, 6) is 0.913. The summed E-state index contributed by atoms with van der Waals surface area (Å²) in [6, 6.07) is 1.86. The van der Waals surface area contributed by atoms with Crippen molar-refractivity contribution >= 4 is 22.2 Å². The molecule has 3 heterocycles. The van der Waals surface area contributed by atoms with Gasteiger partial charge in [0.2, 0.25) is 5.91 Å². The van der Waals surface area contributed by atoms with E-state index in [0.717, 1.165) is 17.0 Å². The normalized spacial score (nSPS) is 18.7. The minimum Gasteiger partial charge on any atom is -0.381 e. The zero-order chi connectivity index (χ0) is 13.2. The highest BCUT2D eigenvalue weighted by molar-refractivity contribution is 7.15. The van der Waals surface area contributed by atoms with Crippen molar-refractivity contribution < 1.29 is 14.1 Å². The zero-order valence-corrected chi connectivity index (χ0v) is 11.2. The molecule has 3 rings (SSSR count). The molecule has 1 atom stereocenters. The van der Waals surface area contributed by atoms with Gasteiger partial charge in [-0.15, -0.1) is 11.3 Å². The molecule has 6 nitrogen and oxygen atoms in total. The van der Waals surface area contributed by atoms with Gasteiger partial charge < -0.3 is 14.6 Å². The van der Waals surface area contributed by atoms with Crippen LogP contribution >= 0.6 is 11.3 Å². The minimum absolute atomic E-state index is 0.0163. The topological polar surface area (TPSA) is 77.2 Å². The lowest BCUT2D eigenvalue weighted by Crippen LogP contribution is -2.22. The molecule has 0 bridgehead atoms. The first-order chi connectivity index (χ1) is 9.24. The molecule has 0 unspecified atom stereocenters. The van der Waals surface area contributed by atoms with E-state index in [1.807, 2.05) is 11.4 Å². The maximum Gasteiger partial charge on any atom is 0.260 e. The second-order valence-corrected chi connectivity index (χ2v) is 5.28. The van der Waals surface area contributed by atoms with Gasteiger partial charge in [-0.2, -0.15) is 4.98 Å². The summed E-state index contributed by atoms with van der Waals surface area (Å²) in [6.45, 7) is 2.90. The fourth-order valence-electron chi connectivity index (χ4n) is 1.94. The van der Waals surface area contributed by atoms with E-state index >= 15 is 0 Å². The summed E-state index contributed by atoms with van der Waals surface area (Å²) in [5.41, 5.74) is 0.762. The summed E-state index contributed by atoms with van der Waals surface area (Å²) >= 11 is 1.44. The molecule has 1 aliphatic heterocycles. The Hall–Kier alpha value is -1.73. The summed E-state index contributed by atoms with van der Waals surface area (Å²) in [4.78, 5) is 16.2. The summed E-state index contributed by atoms with van der Waals surface area (Å²) in [6.07, 6.45) is 0.770. The largest absolute Gasteiger partial charge is 0.381 e. The number of carbonyl (C=O) groups excluding carboxylic acids is 1. The Balaban J connectivity index is 1.78. The van der Waals surface area contributed by atoms with Crippen molar-refractivity contribution in [3.8, 4) is 11.5 Å². The van der Waals surface area contributed by atoms with Crippen molar-refractivity contribution in [2.24, 2.45) is 5.92 Å². The average molecular weight is 279 g/mol. The number of hydrogen-bond donors (Lipinski definition) is 1. The zero-order valence-electron chi connectivity index (χ0n) is 10.4. The van der Waals surface area contributed by atoms with Crippen LogP contribution in [0.5, 0.6) is 0 Å². The van der Waals surface area contributed by atoms with Crippen LogP contribution in [0, 0.1) is 12.8 Å². The van der Waals surface area contributed by atoms with Crippen molar-refractivity contribution in [1.82, 2.24) is 10.1 Å². The third kappa shape index (κ3) is 2.52. The maximum absolute atomic E-state index is 12.1. The van der Waals surface area contributed by atoms with Crippen LogP contribution in [0.1, 0.15) is 12.2 Å². The Morgan fingerprint density at radius 3 is 3.16 bits per heavy atom. The monoisotopic (exact) mass is 279 g/mol. The molecule has 1 fully saturated rings. The highest BCUT2D eigenvalue weighted by Crippen LogP contribution is 2.32. The van der Waals surface area contributed by atoms with Crippen LogP contribution in [0.2, 0.25) is 0 Å². The SMILES string of the molecule is Cc1noc(-c2ccsc2NC(=O)[C@H]2CCOC2)n1. The molecule has 2 aromatic rings. The van der Waals surface area contributed by atoms with Gasteiger partial charge >= 0.3 is 0 Å². The molecule has 1 saturated heterocycles. The number of amides is 1. The molecule has 7 heteroatoms. The van der Waals surface area contributed by atoms with Crippen molar-refractivity contribution in [3.05, 3.63) is 17.3 Å². The van der Waals surface area contributed by atoms with Gasteiger partial charge in [-0.05, 0) is 24.8 Å². The van der Waals surface area contributed by atoms with Crippen molar-refractivity contribution in [1.29, 1.82) is 0 Å². The molecule has 0 aliphatic carbocycles. The maximum atomic E-state index is 12.1. The van der Waals surface area contributed by atoms with E-state index in [4.69, 9.17) is 9.26 Å². The second-order valence-electron chi connectivity index (χ2n) is 4.36. The smallest absolute Gasteiger partial charge is 0.260 e. The van der Waals surface area contributed by atoms with Crippen LogP contribution < -0.4 is 5.32 Å². The quantitative estimate of drug-likeness (QED) is 0.930. The third-order valence-corrected chi connectivity index (χ3v) is 3.79. The van der Waals surface area contributed by atoms with Gasteiger partial charge in [0, 0.05) is 6.61 Å². The lowest BCUT2D eigenvalue weighted by atomic mass is 10.1. The molecule has 2 aromatic heterocycles. The van der Waals surface area contributed by atoms with Gasteiger partial charge in [0.15, 0.2) is 5.82 Å². The lowest BCUT2D eigenvalue weighted by Gasteiger charge is -2.08. The van der Waals surface area contributed by atoms with E-state index in [-0.39, 0.29) is 11.8 Å². The van der Waals surface area contributed by atoms with Crippen LogP contribution in [0.3, 0.4) is 0 Å². The number of hydrogen-bond acceptors (Lipinski definition) is 6. The molecule has 19 heavy (non-hydrogen) atoms. The molecular weight excluding hydrogens is 266 g/mol. The average Bonchev–Trinajstić information content (AvgIpc) is 3.08. The minimum atomic E-state index is -0.0700. The van der Waals surface area contributed by atoms with E-state index in [2.05, 4.69) is 15.5 Å². The van der Waals surface area contributed by atoms with E-state index in [0.29, 0.717) is 24.9 Å². The Bertz CT molecular complexity index is 587. The van der Waals surface area contributed by atoms with Gasteiger partial charge in [0.25, 0.3) is 5.89 Å². The number of carbonyl (C=O) groups is 1. The number of ether oxygens (including phenoxy) is 1. The van der Waals surface area contributed by atoms with E-state index in [1.54, 1.807) is 6.92 Å². The fraction of sp³-hybridized carbons (Fsp3) is 0.417. The standard InChI is InChI=1S/C12H13N3O3S/c1-7-13-11(18-15-7)9-3-5-19-12(9)14-10(16)8-2-4-17-6-8/h3,5,8H,2,4,6H2,1H3,(H,14,16)/t8-/m0/s1. The summed E-state index contributed by atoms with van der Waals surface area (Å²) < 4.78 is 10.3. The lowest BCUT2D eigenvalue weighted by molar-refractivity contribution is -0.119. The summed E-state index contributed by atoms with van der Waals surface area (Å²) in [7, 11) is 0. The van der Waals surface area contributed by atoms with E-state index in [9.17, 15) is 4.79 Å². The first-order valence-corrected chi connectivity index (χ1v) is 6.89. The first kappa shape index (κ1) is 12.3. The molecule has 1 aliphatic rings. The highest BCUT2D eigenvalue weighted by atomic mass is 32.1. The van der Waals surface area contributed by atoms with Crippen molar-refractivity contribution in [2.75, 3.05) is 18.5 Å². The molecule has 0 radical (unpaired) electrons.